The van der Waals surface area contributed by atoms with Crippen molar-refractivity contribution in [1.82, 2.24) is 24.2 Å². The van der Waals surface area contributed by atoms with Crippen LogP contribution in [0.2, 0.25) is 0 Å². The van der Waals surface area contributed by atoms with Crippen LogP contribution < -0.4 is 4.74 Å². The number of benzene rings is 1. The fourth-order valence-corrected chi connectivity index (χ4v) is 4.64. The monoisotopic (exact) mass is 365 g/mol. The smallest absolute Gasteiger partial charge is 0.216 e. The summed E-state index contributed by atoms with van der Waals surface area (Å²) in [5.74, 6) is 0.956. The minimum absolute atomic E-state index is 0.0133. The van der Waals surface area contributed by atoms with Gasteiger partial charge in [-0.25, -0.2) is 13.1 Å². The molecule has 0 spiro atoms. The molecule has 0 saturated carbocycles. The summed E-state index contributed by atoms with van der Waals surface area (Å²) in [4.78, 5) is 1.94. The Balaban J connectivity index is 1.65. The largest absolute Gasteiger partial charge is 0.497 e. The number of hydrogen-bond donors (Lipinski definition) is 0. The third-order valence-corrected chi connectivity index (χ3v) is 6.24. The van der Waals surface area contributed by atoms with Crippen LogP contribution in [0.4, 0.5) is 0 Å². The lowest BCUT2D eigenvalue weighted by Crippen LogP contribution is -2.32. The van der Waals surface area contributed by atoms with E-state index in [1.807, 2.05) is 43.3 Å². The third kappa shape index (κ3) is 4.17. The van der Waals surface area contributed by atoms with Crippen molar-refractivity contribution in [2.75, 3.05) is 33.5 Å². The molecule has 1 aromatic carbocycles. The fraction of sp³-hybridized carbons (Fsp3) is 0.500. The van der Waals surface area contributed by atoms with Crippen LogP contribution in [-0.4, -0.2) is 72.2 Å². The third-order valence-electron chi connectivity index (χ3n) is 4.37. The van der Waals surface area contributed by atoms with Gasteiger partial charge in [-0.05, 0) is 31.8 Å². The number of methoxy groups -OCH3 is 1. The maximum absolute atomic E-state index is 12.3. The van der Waals surface area contributed by atoms with E-state index in [1.54, 1.807) is 18.0 Å². The predicted octanol–water partition coefficient (Wildman–Crippen LogP) is 0.411. The molecule has 0 amide bonds. The summed E-state index contributed by atoms with van der Waals surface area (Å²) < 4.78 is 32.9. The first-order chi connectivity index (χ1) is 11.9. The summed E-state index contributed by atoms with van der Waals surface area (Å²) in [5, 5.41) is 8.22. The second kappa shape index (κ2) is 7.11. The average Bonchev–Trinajstić information content (AvgIpc) is 3.13. The standard InChI is InChI=1S/C16H23N5O3S/c1-19(2)15-11-21(25(22,23)12-15)10-14-9-20(18-17-14)8-13-4-6-16(24-3)7-5-13/h4-7,9,15H,8,10-12H2,1-3H3. The number of nitrogens with zero attached hydrogens (tertiary/aromatic N) is 5. The molecule has 1 fully saturated rings. The van der Waals surface area contributed by atoms with Gasteiger partial charge in [-0.3, -0.25) is 0 Å². The number of rotatable bonds is 6. The van der Waals surface area contributed by atoms with E-state index in [4.69, 9.17) is 4.74 Å². The zero-order chi connectivity index (χ0) is 18.0. The Morgan fingerprint density at radius 1 is 1.24 bits per heavy atom. The van der Waals surface area contributed by atoms with Crippen molar-refractivity contribution < 1.29 is 13.2 Å². The van der Waals surface area contributed by atoms with Gasteiger partial charge in [0.15, 0.2) is 0 Å². The summed E-state index contributed by atoms with van der Waals surface area (Å²) in [5.41, 5.74) is 1.72. The van der Waals surface area contributed by atoms with Gasteiger partial charge in [0.1, 0.15) is 5.75 Å². The summed E-state index contributed by atoms with van der Waals surface area (Å²) in [6, 6.07) is 7.73. The highest BCUT2D eigenvalue weighted by Crippen LogP contribution is 2.19. The van der Waals surface area contributed by atoms with Crippen molar-refractivity contribution in [2.24, 2.45) is 0 Å². The molecule has 8 nitrogen and oxygen atoms in total. The van der Waals surface area contributed by atoms with Gasteiger partial charge < -0.3 is 9.64 Å². The van der Waals surface area contributed by atoms with Gasteiger partial charge >= 0.3 is 0 Å². The first-order valence-electron chi connectivity index (χ1n) is 8.03. The van der Waals surface area contributed by atoms with Crippen molar-refractivity contribution in [3.05, 3.63) is 41.7 Å². The highest BCUT2D eigenvalue weighted by atomic mass is 32.2. The van der Waals surface area contributed by atoms with Crippen LogP contribution in [0, 0.1) is 0 Å². The molecule has 1 aliphatic rings. The topological polar surface area (TPSA) is 80.6 Å². The number of ether oxygens (including phenoxy) is 1. The second-order valence-electron chi connectivity index (χ2n) is 6.44. The van der Waals surface area contributed by atoms with Crippen molar-refractivity contribution >= 4 is 10.0 Å². The molecule has 1 aliphatic heterocycles. The molecule has 0 bridgehead atoms. The van der Waals surface area contributed by atoms with Crippen LogP contribution in [0.3, 0.4) is 0 Å². The number of likely N-dealkylation sites (N-methyl/N-ethyl adjacent to an activating group) is 1. The lowest BCUT2D eigenvalue weighted by molar-refractivity contribution is 0.284. The Labute approximate surface area is 148 Å². The van der Waals surface area contributed by atoms with Crippen LogP contribution in [0.25, 0.3) is 0 Å². The maximum atomic E-state index is 12.3. The van der Waals surface area contributed by atoms with Crippen molar-refractivity contribution in [2.45, 2.75) is 19.1 Å². The Bertz CT molecular complexity index is 817. The predicted molar refractivity (Wildman–Crippen MR) is 93.8 cm³/mol. The van der Waals surface area contributed by atoms with E-state index in [9.17, 15) is 8.42 Å². The average molecular weight is 365 g/mol. The van der Waals surface area contributed by atoms with E-state index in [0.29, 0.717) is 18.8 Å². The van der Waals surface area contributed by atoms with E-state index in [-0.39, 0.29) is 18.3 Å². The Morgan fingerprint density at radius 3 is 2.56 bits per heavy atom. The SMILES string of the molecule is COc1ccc(Cn2cc(CN3CC(N(C)C)CS3(=O)=O)nn2)cc1. The molecule has 2 heterocycles. The molecule has 3 rings (SSSR count). The molecule has 25 heavy (non-hydrogen) atoms. The molecule has 1 saturated heterocycles. The van der Waals surface area contributed by atoms with Gasteiger partial charge in [-0.15, -0.1) is 5.10 Å². The Morgan fingerprint density at radius 2 is 1.96 bits per heavy atom. The van der Waals surface area contributed by atoms with Crippen LogP contribution in [0.1, 0.15) is 11.3 Å². The van der Waals surface area contributed by atoms with Crippen LogP contribution in [0.15, 0.2) is 30.5 Å². The second-order valence-corrected chi connectivity index (χ2v) is 8.46. The lowest BCUT2D eigenvalue weighted by Gasteiger charge is -2.17. The van der Waals surface area contributed by atoms with Gasteiger partial charge in [-0.1, -0.05) is 17.3 Å². The quantitative estimate of drug-likeness (QED) is 0.738. The summed E-state index contributed by atoms with van der Waals surface area (Å²) in [6.07, 6.45) is 1.79. The molecule has 0 N–H and O–H groups in total. The molecule has 1 unspecified atom stereocenters. The van der Waals surface area contributed by atoms with E-state index < -0.39 is 10.0 Å². The molecule has 0 radical (unpaired) electrons. The molecule has 9 heteroatoms. The molecule has 2 aromatic rings. The number of aromatic nitrogens is 3. The summed E-state index contributed by atoms with van der Waals surface area (Å²) in [7, 11) is 2.19. The zero-order valence-corrected chi connectivity index (χ0v) is 15.5. The minimum Gasteiger partial charge on any atom is -0.497 e. The van der Waals surface area contributed by atoms with E-state index in [1.165, 1.54) is 4.31 Å². The highest BCUT2D eigenvalue weighted by molar-refractivity contribution is 7.89. The van der Waals surface area contributed by atoms with Gasteiger partial charge in [0.05, 0.1) is 37.8 Å². The van der Waals surface area contributed by atoms with Crippen LogP contribution in [0.5, 0.6) is 5.75 Å². The van der Waals surface area contributed by atoms with Crippen molar-refractivity contribution in [3.63, 3.8) is 0 Å². The fourth-order valence-electron chi connectivity index (χ4n) is 2.81. The normalized spacial score (nSPS) is 20.2. The van der Waals surface area contributed by atoms with Crippen molar-refractivity contribution in [3.8, 4) is 5.75 Å². The van der Waals surface area contributed by atoms with Gasteiger partial charge in [-0.2, -0.15) is 4.31 Å². The Hall–Kier alpha value is -1.97. The van der Waals surface area contributed by atoms with Gasteiger partial charge in [0.25, 0.3) is 0 Å². The molecular weight excluding hydrogens is 342 g/mol. The first-order valence-corrected chi connectivity index (χ1v) is 9.64. The lowest BCUT2D eigenvalue weighted by atomic mass is 10.2. The Kier molecular flexibility index (Phi) is 5.07. The molecule has 1 atom stereocenters. The van der Waals surface area contributed by atoms with Gasteiger partial charge in [0, 0.05) is 12.6 Å². The number of hydrogen-bond acceptors (Lipinski definition) is 6. The molecular formula is C16H23N5O3S. The van der Waals surface area contributed by atoms with E-state index in [0.717, 1.165) is 11.3 Å². The highest BCUT2D eigenvalue weighted by Gasteiger charge is 2.37. The van der Waals surface area contributed by atoms with Gasteiger partial charge in [0.2, 0.25) is 10.0 Å². The van der Waals surface area contributed by atoms with Crippen LogP contribution >= 0.6 is 0 Å². The molecule has 0 aliphatic carbocycles. The molecule has 1 aromatic heterocycles. The van der Waals surface area contributed by atoms with E-state index >= 15 is 0 Å². The van der Waals surface area contributed by atoms with Crippen molar-refractivity contribution in [1.29, 1.82) is 0 Å². The van der Waals surface area contributed by atoms with E-state index in [2.05, 4.69) is 10.3 Å². The summed E-state index contributed by atoms with van der Waals surface area (Å²) >= 11 is 0. The molecule has 136 valence electrons. The zero-order valence-electron chi connectivity index (χ0n) is 14.7. The van der Waals surface area contributed by atoms with Crippen LogP contribution in [-0.2, 0) is 23.1 Å². The number of sulfonamides is 1. The minimum atomic E-state index is -3.24. The first kappa shape index (κ1) is 17.8. The maximum Gasteiger partial charge on any atom is 0.216 e. The summed E-state index contributed by atoms with van der Waals surface area (Å²) in [6.45, 7) is 1.32.